The van der Waals surface area contributed by atoms with Gasteiger partial charge in [-0.2, -0.15) is 0 Å². The summed E-state index contributed by atoms with van der Waals surface area (Å²) in [7, 11) is 0. The number of alkyl halides is 1. The van der Waals surface area contributed by atoms with E-state index < -0.39 is 12.1 Å². The van der Waals surface area contributed by atoms with Crippen LogP contribution in [-0.4, -0.2) is 29.5 Å². The van der Waals surface area contributed by atoms with Gasteiger partial charge in [0.25, 0.3) is 5.91 Å². The summed E-state index contributed by atoms with van der Waals surface area (Å²) in [5.74, 6) is -0.365. The molecule has 0 bridgehead atoms. The smallest absolute Gasteiger partial charge is 0.426 e. The Kier molecular flexibility index (Phi) is 5.54. The molecular weight excluding hydrogens is 340 g/mol. The standard InChI is InChI=1S/C13H17BrN4O3/c1-2-21-13(20)18-17-12(19)11-9(14)10(15-16-11)8-6-4-3-5-7-8/h3-7,9-11,15-16H,2H2,1H3,(H,17,19)(H,18,20). The molecule has 7 nitrogen and oxygen atoms in total. The van der Waals surface area contributed by atoms with Gasteiger partial charge < -0.3 is 4.74 Å². The van der Waals surface area contributed by atoms with Crippen LogP contribution < -0.4 is 21.7 Å². The molecule has 1 heterocycles. The number of carbonyl (C=O) groups excluding carboxylic acids is 2. The van der Waals surface area contributed by atoms with Gasteiger partial charge in [-0.25, -0.2) is 21.1 Å². The van der Waals surface area contributed by atoms with E-state index in [1.807, 2.05) is 30.3 Å². The van der Waals surface area contributed by atoms with Crippen LogP contribution in [-0.2, 0) is 9.53 Å². The van der Waals surface area contributed by atoms with Crippen LogP contribution in [0.2, 0.25) is 0 Å². The predicted octanol–water partition coefficient (Wildman–Crippen LogP) is 0.745. The summed E-state index contributed by atoms with van der Waals surface area (Å²) in [6, 6.07) is 9.18. The number of carbonyl (C=O) groups is 2. The van der Waals surface area contributed by atoms with Crippen molar-refractivity contribution < 1.29 is 14.3 Å². The zero-order chi connectivity index (χ0) is 15.2. The van der Waals surface area contributed by atoms with Crippen molar-refractivity contribution in [2.24, 2.45) is 0 Å². The van der Waals surface area contributed by atoms with Crippen molar-refractivity contribution in [2.45, 2.75) is 23.8 Å². The molecule has 1 saturated heterocycles. The van der Waals surface area contributed by atoms with Crippen molar-refractivity contribution in [3.05, 3.63) is 35.9 Å². The fourth-order valence-corrected chi connectivity index (χ4v) is 2.84. The molecule has 1 aliphatic rings. The molecule has 21 heavy (non-hydrogen) atoms. The average molecular weight is 357 g/mol. The van der Waals surface area contributed by atoms with Crippen molar-refractivity contribution in [3.63, 3.8) is 0 Å². The molecule has 114 valence electrons. The Labute approximate surface area is 130 Å². The Morgan fingerprint density at radius 1 is 1.24 bits per heavy atom. The lowest BCUT2D eigenvalue weighted by atomic mass is 10.0. The molecule has 8 heteroatoms. The molecule has 0 spiro atoms. The Balaban J connectivity index is 1.90. The summed E-state index contributed by atoms with van der Waals surface area (Å²) >= 11 is 3.52. The van der Waals surface area contributed by atoms with Gasteiger partial charge in [-0.15, -0.1) is 0 Å². The number of nitrogens with one attached hydrogen (secondary N) is 4. The molecule has 1 fully saturated rings. The lowest BCUT2D eigenvalue weighted by Crippen LogP contribution is -2.52. The third kappa shape index (κ3) is 3.93. The highest BCUT2D eigenvalue weighted by atomic mass is 79.9. The first-order valence-corrected chi connectivity index (χ1v) is 7.47. The normalized spacial score (nSPS) is 24.4. The van der Waals surface area contributed by atoms with Crippen molar-refractivity contribution in [1.82, 2.24) is 21.7 Å². The maximum atomic E-state index is 12.0. The highest BCUT2D eigenvalue weighted by Gasteiger charge is 2.39. The van der Waals surface area contributed by atoms with Gasteiger partial charge in [0.15, 0.2) is 0 Å². The first-order chi connectivity index (χ1) is 10.1. The molecule has 0 saturated carbocycles. The Morgan fingerprint density at radius 2 is 1.95 bits per heavy atom. The molecular formula is C13H17BrN4O3. The molecule has 1 aromatic rings. The van der Waals surface area contributed by atoms with E-state index in [2.05, 4.69) is 42.4 Å². The molecule has 0 aromatic heterocycles. The van der Waals surface area contributed by atoms with E-state index >= 15 is 0 Å². The fraction of sp³-hybridized carbons (Fsp3) is 0.385. The monoisotopic (exact) mass is 356 g/mol. The molecule has 1 aliphatic heterocycles. The molecule has 0 radical (unpaired) electrons. The topological polar surface area (TPSA) is 91.5 Å². The minimum absolute atomic E-state index is 0.0513. The summed E-state index contributed by atoms with van der Waals surface area (Å²) < 4.78 is 4.66. The van der Waals surface area contributed by atoms with Gasteiger partial charge in [0.05, 0.1) is 17.5 Å². The molecule has 3 atom stereocenters. The number of hydrazine groups is 2. The van der Waals surface area contributed by atoms with Crippen LogP contribution in [0.5, 0.6) is 0 Å². The van der Waals surface area contributed by atoms with Gasteiger partial charge in [0.2, 0.25) is 0 Å². The van der Waals surface area contributed by atoms with Crippen LogP contribution >= 0.6 is 15.9 Å². The Morgan fingerprint density at radius 3 is 2.62 bits per heavy atom. The van der Waals surface area contributed by atoms with Crippen molar-refractivity contribution in [1.29, 1.82) is 0 Å². The highest BCUT2D eigenvalue weighted by molar-refractivity contribution is 9.09. The van der Waals surface area contributed by atoms with Crippen LogP contribution in [0.3, 0.4) is 0 Å². The fourth-order valence-electron chi connectivity index (χ4n) is 2.03. The van der Waals surface area contributed by atoms with Crippen LogP contribution in [0, 0.1) is 0 Å². The van der Waals surface area contributed by atoms with Crippen LogP contribution in [0.1, 0.15) is 18.5 Å². The van der Waals surface area contributed by atoms with Gasteiger partial charge >= 0.3 is 6.09 Å². The SMILES string of the molecule is CCOC(=O)NNC(=O)C1NNC(c2ccccc2)C1Br. The zero-order valence-corrected chi connectivity index (χ0v) is 13.0. The third-order valence-corrected chi connectivity index (χ3v) is 4.09. The minimum atomic E-state index is -0.692. The molecule has 0 aliphatic carbocycles. The summed E-state index contributed by atoms with van der Waals surface area (Å²) in [5.41, 5.74) is 11.5. The number of amides is 2. The number of hydrogen-bond donors (Lipinski definition) is 4. The maximum absolute atomic E-state index is 12.0. The number of ether oxygens (including phenoxy) is 1. The van der Waals surface area contributed by atoms with Crippen LogP contribution in [0.25, 0.3) is 0 Å². The summed E-state index contributed by atoms with van der Waals surface area (Å²) in [6.45, 7) is 1.92. The Bertz CT molecular complexity index is 499. The van der Waals surface area contributed by atoms with Crippen molar-refractivity contribution in [2.75, 3.05) is 6.61 Å². The number of benzene rings is 1. The second-order valence-electron chi connectivity index (χ2n) is 4.43. The zero-order valence-electron chi connectivity index (χ0n) is 11.4. The molecule has 2 amide bonds. The van der Waals surface area contributed by atoms with E-state index in [0.29, 0.717) is 0 Å². The highest BCUT2D eigenvalue weighted by Crippen LogP contribution is 2.28. The van der Waals surface area contributed by atoms with Gasteiger partial charge in [-0.1, -0.05) is 46.3 Å². The Hall–Kier alpha value is -1.64. The van der Waals surface area contributed by atoms with E-state index in [4.69, 9.17) is 0 Å². The average Bonchev–Trinajstić information content (AvgIpc) is 2.88. The van der Waals surface area contributed by atoms with Crippen LogP contribution in [0.15, 0.2) is 30.3 Å². The summed E-state index contributed by atoms with van der Waals surface area (Å²) in [6.07, 6.45) is -0.692. The lowest BCUT2D eigenvalue weighted by molar-refractivity contribution is -0.123. The third-order valence-electron chi connectivity index (χ3n) is 3.04. The van der Waals surface area contributed by atoms with E-state index in [9.17, 15) is 9.59 Å². The van der Waals surface area contributed by atoms with Gasteiger partial charge in [0.1, 0.15) is 6.04 Å². The first-order valence-electron chi connectivity index (χ1n) is 6.56. The second-order valence-corrected chi connectivity index (χ2v) is 5.49. The summed E-state index contributed by atoms with van der Waals surface area (Å²) in [4.78, 5) is 23.0. The van der Waals surface area contributed by atoms with Gasteiger partial charge in [-0.05, 0) is 12.5 Å². The first kappa shape index (κ1) is 15.7. The van der Waals surface area contributed by atoms with E-state index in [-0.39, 0.29) is 23.4 Å². The molecule has 4 N–H and O–H groups in total. The van der Waals surface area contributed by atoms with Gasteiger partial charge in [0, 0.05) is 0 Å². The molecule has 2 rings (SSSR count). The summed E-state index contributed by atoms with van der Waals surface area (Å²) in [5, 5.41) is 0. The number of hydrogen-bond acceptors (Lipinski definition) is 5. The van der Waals surface area contributed by atoms with E-state index in [1.165, 1.54) is 0 Å². The second kappa shape index (κ2) is 7.39. The van der Waals surface area contributed by atoms with Crippen molar-refractivity contribution in [3.8, 4) is 0 Å². The largest absolute Gasteiger partial charge is 0.449 e. The van der Waals surface area contributed by atoms with Gasteiger partial charge in [-0.3, -0.25) is 10.2 Å². The number of rotatable bonds is 3. The molecule has 1 aromatic carbocycles. The van der Waals surface area contributed by atoms with Crippen molar-refractivity contribution >= 4 is 27.9 Å². The number of halogens is 1. The minimum Gasteiger partial charge on any atom is -0.449 e. The van der Waals surface area contributed by atoms with E-state index in [1.54, 1.807) is 6.92 Å². The molecule has 3 unspecified atom stereocenters. The van der Waals surface area contributed by atoms with Crippen LogP contribution in [0.4, 0.5) is 4.79 Å². The predicted molar refractivity (Wildman–Crippen MR) is 80.3 cm³/mol. The quantitative estimate of drug-likeness (QED) is 0.473. The maximum Gasteiger partial charge on any atom is 0.426 e. The lowest BCUT2D eigenvalue weighted by Gasteiger charge is -2.17. The van der Waals surface area contributed by atoms with E-state index in [0.717, 1.165) is 5.56 Å².